The molecule has 8 heteroatoms. The normalized spacial score (nSPS) is 13.1. The number of amides is 1. The molecule has 192 valence electrons. The standard InChI is InChI=1S/C28H31F3N2O3/c1-32-27(34)24(17-20-7-5-4-6-8-20)33-23(21-12-16-25(35-2)26(18-21)36-3)15-11-19-9-13-22(14-10-19)28(29,30)31/h4-10,12-14,16,18,23-24,33H,11,15,17H2,1-3H3,(H,32,34)/t23-,24+/m1/s1. The van der Waals surface area contributed by atoms with E-state index in [9.17, 15) is 18.0 Å². The van der Waals surface area contributed by atoms with Gasteiger partial charge in [-0.15, -0.1) is 0 Å². The third-order valence-electron chi connectivity index (χ3n) is 6.06. The number of halogens is 3. The number of methoxy groups -OCH3 is 2. The van der Waals surface area contributed by atoms with Crippen molar-refractivity contribution in [2.75, 3.05) is 21.3 Å². The van der Waals surface area contributed by atoms with Crippen molar-refractivity contribution in [2.24, 2.45) is 0 Å². The highest BCUT2D eigenvalue weighted by molar-refractivity contribution is 5.81. The molecule has 3 aromatic rings. The van der Waals surface area contributed by atoms with E-state index in [0.29, 0.717) is 30.8 Å². The number of ether oxygens (including phenoxy) is 2. The summed E-state index contributed by atoms with van der Waals surface area (Å²) in [6, 6.07) is 19.6. The summed E-state index contributed by atoms with van der Waals surface area (Å²) in [7, 11) is 4.70. The molecule has 0 aliphatic carbocycles. The van der Waals surface area contributed by atoms with Crippen molar-refractivity contribution in [1.29, 1.82) is 0 Å². The summed E-state index contributed by atoms with van der Waals surface area (Å²) in [4.78, 5) is 12.8. The molecule has 36 heavy (non-hydrogen) atoms. The third-order valence-corrected chi connectivity index (χ3v) is 6.06. The van der Waals surface area contributed by atoms with Gasteiger partial charge in [-0.2, -0.15) is 13.2 Å². The molecule has 0 aliphatic heterocycles. The highest BCUT2D eigenvalue weighted by Crippen LogP contribution is 2.33. The lowest BCUT2D eigenvalue weighted by Crippen LogP contribution is -2.46. The molecular formula is C28H31F3N2O3. The molecule has 1 amide bonds. The number of likely N-dealkylation sites (N-methyl/N-ethyl adjacent to an activating group) is 1. The smallest absolute Gasteiger partial charge is 0.416 e. The number of carbonyl (C=O) groups is 1. The molecule has 5 nitrogen and oxygen atoms in total. The van der Waals surface area contributed by atoms with Crippen LogP contribution in [-0.2, 0) is 23.8 Å². The van der Waals surface area contributed by atoms with Crippen LogP contribution in [0.5, 0.6) is 11.5 Å². The zero-order valence-electron chi connectivity index (χ0n) is 20.6. The van der Waals surface area contributed by atoms with Gasteiger partial charge in [0.2, 0.25) is 5.91 Å². The Hall–Kier alpha value is -3.52. The van der Waals surface area contributed by atoms with Crippen LogP contribution >= 0.6 is 0 Å². The summed E-state index contributed by atoms with van der Waals surface area (Å²) >= 11 is 0. The number of nitrogens with one attached hydrogen (secondary N) is 2. The monoisotopic (exact) mass is 500 g/mol. The van der Waals surface area contributed by atoms with E-state index >= 15 is 0 Å². The minimum atomic E-state index is -4.37. The Bertz CT molecular complexity index is 1120. The van der Waals surface area contributed by atoms with Crippen molar-refractivity contribution in [3.63, 3.8) is 0 Å². The van der Waals surface area contributed by atoms with Crippen LogP contribution in [-0.4, -0.2) is 33.2 Å². The summed E-state index contributed by atoms with van der Waals surface area (Å²) < 4.78 is 49.7. The molecule has 0 fully saturated rings. The SMILES string of the molecule is CNC(=O)[C@H](Cc1ccccc1)N[C@H](CCc1ccc(C(F)(F)F)cc1)c1ccc(OC)c(OC)c1. The molecular weight excluding hydrogens is 469 g/mol. The molecule has 0 saturated heterocycles. The maximum atomic E-state index is 12.9. The quantitative estimate of drug-likeness (QED) is 0.373. The number of aryl methyl sites for hydroxylation is 1. The molecule has 0 unspecified atom stereocenters. The van der Waals surface area contributed by atoms with E-state index in [1.165, 1.54) is 12.1 Å². The topological polar surface area (TPSA) is 59.6 Å². The van der Waals surface area contributed by atoms with Crippen LogP contribution in [0.4, 0.5) is 13.2 Å². The van der Waals surface area contributed by atoms with Crippen molar-refractivity contribution < 1.29 is 27.4 Å². The minimum Gasteiger partial charge on any atom is -0.493 e. The molecule has 0 bridgehead atoms. The number of carbonyl (C=O) groups excluding carboxylic acids is 1. The minimum absolute atomic E-state index is 0.154. The van der Waals surface area contributed by atoms with Crippen LogP contribution in [0.2, 0.25) is 0 Å². The van der Waals surface area contributed by atoms with Gasteiger partial charge in [0.15, 0.2) is 11.5 Å². The van der Waals surface area contributed by atoms with Gasteiger partial charge in [0.05, 0.1) is 25.8 Å². The first-order chi connectivity index (χ1) is 17.2. The van der Waals surface area contributed by atoms with Gasteiger partial charge in [0, 0.05) is 13.1 Å². The zero-order chi connectivity index (χ0) is 26.1. The van der Waals surface area contributed by atoms with Crippen molar-refractivity contribution in [3.05, 3.63) is 95.1 Å². The fourth-order valence-corrected chi connectivity index (χ4v) is 4.08. The van der Waals surface area contributed by atoms with E-state index in [1.54, 1.807) is 27.3 Å². The van der Waals surface area contributed by atoms with E-state index in [-0.39, 0.29) is 11.9 Å². The Morgan fingerprint density at radius 3 is 2.14 bits per heavy atom. The molecule has 0 radical (unpaired) electrons. The lowest BCUT2D eigenvalue weighted by Gasteiger charge is -2.26. The van der Waals surface area contributed by atoms with Crippen LogP contribution < -0.4 is 20.1 Å². The van der Waals surface area contributed by atoms with E-state index in [2.05, 4.69) is 10.6 Å². The number of benzene rings is 3. The fraction of sp³-hybridized carbons (Fsp3) is 0.321. The summed E-state index contributed by atoms with van der Waals surface area (Å²) in [6.45, 7) is 0. The molecule has 0 saturated carbocycles. The first kappa shape index (κ1) is 27.1. The van der Waals surface area contributed by atoms with Crippen LogP contribution in [0.15, 0.2) is 72.8 Å². The molecule has 3 rings (SSSR count). The summed E-state index contributed by atoms with van der Waals surface area (Å²) in [5.41, 5.74) is 1.98. The van der Waals surface area contributed by atoms with Gasteiger partial charge in [-0.05, 0) is 60.2 Å². The second-order valence-corrected chi connectivity index (χ2v) is 8.42. The molecule has 0 heterocycles. The average molecular weight is 501 g/mol. The van der Waals surface area contributed by atoms with Gasteiger partial charge in [0.25, 0.3) is 0 Å². The van der Waals surface area contributed by atoms with E-state index in [0.717, 1.165) is 28.8 Å². The van der Waals surface area contributed by atoms with Gasteiger partial charge >= 0.3 is 6.18 Å². The molecule has 3 aromatic carbocycles. The second kappa shape index (κ2) is 12.4. The van der Waals surface area contributed by atoms with Crippen LogP contribution in [0.25, 0.3) is 0 Å². The van der Waals surface area contributed by atoms with E-state index < -0.39 is 17.8 Å². The largest absolute Gasteiger partial charge is 0.493 e. The first-order valence-corrected chi connectivity index (χ1v) is 11.6. The Kier molecular flexibility index (Phi) is 9.36. The zero-order valence-corrected chi connectivity index (χ0v) is 20.6. The van der Waals surface area contributed by atoms with Gasteiger partial charge in [0.1, 0.15) is 0 Å². The number of alkyl halides is 3. The Balaban J connectivity index is 1.87. The van der Waals surface area contributed by atoms with E-state index in [4.69, 9.17) is 9.47 Å². The van der Waals surface area contributed by atoms with Crippen LogP contribution in [0.3, 0.4) is 0 Å². The molecule has 2 N–H and O–H groups in total. The number of rotatable bonds is 11. The summed E-state index contributed by atoms with van der Waals surface area (Å²) in [6.07, 6.45) is -2.84. The van der Waals surface area contributed by atoms with Gasteiger partial charge in [-0.25, -0.2) is 0 Å². The maximum Gasteiger partial charge on any atom is 0.416 e. The lowest BCUT2D eigenvalue weighted by atomic mass is 9.95. The second-order valence-electron chi connectivity index (χ2n) is 8.42. The van der Waals surface area contributed by atoms with E-state index in [1.807, 2.05) is 42.5 Å². The number of hydrogen-bond acceptors (Lipinski definition) is 4. The lowest BCUT2D eigenvalue weighted by molar-refractivity contribution is -0.137. The van der Waals surface area contributed by atoms with Crippen LogP contribution in [0.1, 0.15) is 34.7 Å². The number of hydrogen-bond donors (Lipinski definition) is 2. The molecule has 0 spiro atoms. The highest BCUT2D eigenvalue weighted by Gasteiger charge is 2.30. The van der Waals surface area contributed by atoms with Crippen molar-refractivity contribution >= 4 is 5.91 Å². The van der Waals surface area contributed by atoms with Gasteiger partial charge < -0.3 is 14.8 Å². The van der Waals surface area contributed by atoms with Gasteiger partial charge in [-0.1, -0.05) is 48.5 Å². The Morgan fingerprint density at radius 1 is 0.889 bits per heavy atom. The Labute approximate surface area is 209 Å². The Morgan fingerprint density at radius 2 is 1.56 bits per heavy atom. The van der Waals surface area contributed by atoms with Crippen LogP contribution in [0, 0.1) is 0 Å². The molecule has 0 aromatic heterocycles. The third kappa shape index (κ3) is 7.24. The summed E-state index contributed by atoms with van der Waals surface area (Å²) in [5, 5.41) is 6.20. The van der Waals surface area contributed by atoms with Crippen molar-refractivity contribution in [1.82, 2.24) is 10.6 Å². The average Bonchev–Trinajstić information content (AvgIpc) is 2.89. The van der Waals surface area contributed by atoms with Crippen molar-refractivity contribution in [3.8, 4) is 11.5 Å². The maximum absolute atomic E-state index is 12.9. The predicted molar refractivity (Wildman–Crippen MR) is 133 cm³/mol. The van der Waals surface area contributed by atoms with Crippen molar-refractivity contribution in [2.45, 2.75) is 37.5 Å². The first-order valence-electron chi connectivity index (χ1n) is 11.6. The molecule has 2 atom stereocenters. The highest BCUT2D eigenvalue weighted by atomic mass is 19.4. The molecule has 0 aliphatic rings. The fourth-order valence-electron chi connectivity index (χ4n) is 4.08. The predicted octanol–water partition coefficient (Wildman–Crippen LogP) is 5.34. The van der Waals surface area contributed by atoms with Gasteiger partial charge in [-0.3, -0.25) is 10.1 Å². The summed E-state index contributed by atoms with van der Waals surface area (Å²) in [5.74, 6) is 0.976.